The van der Waals surface area contributed by atoms with Gasteiger partial charge in [-0.25, -0.2) is 0 Å². The van der Waals surface area contributed by atoms with Crippen molar-refractivity contribution in [1.82, 2.24) is 15.0 Å². The van der Waals surface area contributed by atoms with Gasteiger partial charge in [0.25, 0.3) is 0 Å². The first kappa shape index (κ1) is 12.8. The summed E-state index contributed by atoms with van der Waals surface area (Å²) >= 11 is 0. The second kappa shape index (κ2) is 5.78. The summed E-state index contributed by atoms with van der Waals surface area (Å²) in [7, 11) is 3.95. The highest BCUT2D eigenvalue weighted by molar-refractivity contribution is 5.54. The maximum atomic E-state index is 5.20. The van der Waals surface area contributed by atoms with Gasteiger partial charge < -0.3 is 9.42 Å². The molecule has 1 heterocycles. The lowest BCUT2D eigenvalue weighted by atomic mass is 10.1. The van der Waals surface area contributed by atoms with Crippen molar-refractivity contribution in [1.29, 1.82) is 0 Å². The quantitative estimate of drug-likeness (QED) is 0.812. The second-order valence-corrected chi connectivity index (χ2v) is 4.70. The minimum atomic E-state index is 0.646. The molecule has 4 heteroatoms. The number of hydrogen-bond donors (Lipinski definition) is 0. The normalized spacial score (nSPS) is 11.1. The van der Waals surface area contributed by atoms with Gasteiger partial charge in [0, 0.05) is 5.56 Å². The SMILES string of the molecule is CCCc1ccc(-c2noc(CN(C)C)n2)cc1. The van der Waals surface area contributed by atoms with Gasteiger partial charge in [0.05, 0.1) is 6.54 Å². The fraction of sp³-hybridized carbons (Fsp3) is 0.429. The van der Waals surface area contributed by atoms with E-state index in [4.69, 9.17) is 4.52 Å². The van der Waals surface area contributed by atoms with Crippen molar-refractivity contribution in [2.45, 2.75) is 26.3 Å². The van der Waals surface area contributed by atoms with Crippen molar-refractivity contribution in [2.75, 3.05) is 14.1 Å². The Hall–Kier alpha value is -1.68. The van der Waals surface area contributed by atoms with Crippen molar-refractivity contribution in [2.24, 2.45) is 0 Å². The molecule has 2 rings (SSSR count). The van der Waals surface area contributed by atoms with Crippen LogP contribution in [-0.4, -0.2) is 29.1 Å². The van der Waals surface area contributed by atoms with Crippen LogP contribution in [0.3, 0.4) is 0 Å². The topological polar surface area (TPSA) is 42.2 Å². The Morgan fingerprint density at radius 1 is 1.17 bits per heavy atom. The molecule has 0 N–H and O–H groups in total. The van der Waals surface area contributed by atoms with E-state index in [0.29, 0.717) is 18.3 Å². The number of benzene rings is 1. The molecule has 0 aliphatic carbocycles. The molecule has 0 fully saturated rings. The van der Waals surface area contributed by atoms with Crippen molar-refractivity contribution in [3.63, 3.8) is 0 Å². The van der Waals surface area contributed by atoms with Crippen LogP contribution >= 0.6 is 0 Å². The van der Waals surface area contributed by atoms with Crippen molar-refractivity contribution >= 4 is 0 Å². The molecule has 0 saturated heterocycles. The van der Waals surface area contributed by atoms with Crippen molar-refractivity contribution in [3.05, 3.63) is 35.7 Å². The van der Waals surface area contributed by atoms with Crippen LogP contribution in [0.25, 0.3) is 11.4 Å². The third kappa shape index (κ3) is 3.17. The number of nitrogens with zero attached hydrogens (tertiary/aromatic N) is 3. The summed E-state index contributed by atoms with van der Waals surface area (Å²) in [5.74, 6) is 1.31. The van der Waals surface area contributed by atoms with E-state index in [1.165, 1.54) is 5.56 Å². The monoisotopic (exact) mass is 245 g/mol. The summed E-state index contributed by atoms with van der Waals surface area (Å²) in [6.07, 6.45) is 2.27. The van der Waals surface area contributed by atoms with Crippen LogP contribution in [-0.2, 0) is 13.0 Å². The molecule has 4 nitrogen and oxygen atoms in total. The molecule has 0 aliphatic rings. The van der Waals surface area contributed by atoms with E-state index in [-0.39, 0.29) is 0 Å². The van der Waals surface area contributed by atoms with Gasteiger partial charge in [-0.2, -0.15) is 4.98 Å². The Morgan fingerprint density at radius 3 is 2.50 bits per heavy atom. The van der Waals surface area contributed by atoms with E-state index in [1.807, 2.05) is 19.0 Å². The van der Waals surface area contributed by atoms with Gasteiger partial charge in [0.2, 0.25) is 11.7 Å². The third-order valence-electron chi connectivity index (χ3n) is 2.67. The molecule has 0 saturated carbocycles. The summed E-state index contributed by atoms with van der Waals surface area (Å²) in [5, 5.41) is 4.00. The molecule has 0 unspecified atom stereocenters. The number of aryl methyl sites for hydroxylation is 1. The molecule has 2 aromatic rings. The van der Waals surface area contributed by atoms with E-state index >= 15 is 0 Å². The van der Waals surface area contributed by atoms with Crippen LogP contribution in [0.1, 0.15) is 24.8 Å². The predicted molar refractivity (Wildman–Crippen MR) is 71.1 cm³/mol. The van der Waals surface area contributed by atoms with E-state index < -0.39 is 0 Å². The molecule has 1 aromatic carbocycles. The van der Waals surface area contributed by atoms with Crippen LogP contribution in [0, 0.1) is 0 Å². The van der Waals surface area contributed by atoms with Crippen LogP contribution in [0.15, 0.2) is 28.8 Å². The van der Waals surface area contributed by atoms with E-state index in [2.05, 4.69) is 41.3 Å². The molecular weight excluding hydrogens is 226 g/mol. The lowest BCUT2D eigenvalue weighted by molar-refractivity contribution is 0.303. The number of rotatable bonds is 5. The lowest BCUT2D eigenvalue weighted by Crippen LogP contribution is -2.10. The predicted octanol–water partition coefficient (Wildman–Crippen LogP) is 2.75. The van der Waals surface area contributed by atoms with Crippen LogP contribution in [0.2, 0.25) is 0 Å². The molecule has 1 aromatic heterocycles. The number of aromatic nitrogens is 2. The average molecular weight is 245 g/mol. The molecule has 0 atom stereocenters. The fourth-order valence-electron chi connectivity index (χ4n) is 1.82. The largest absolute Gasteiger partial charge is 0.338 e. The van der Waals surface area contributed by atoms with Gasteiger partial charge in [0.15, 0.2) is 0 Å². The summed E-state index contributed by atoms with van der Waals surface area (Å²) in [6, 6.07) is 8.35. The Labute approximate surface area is 108 Å². The summed E-state index contributed by atoms with van der Waals surface area (Å²) in [6.45, 7) is 2.85. The second-order valence-electron chi connectivity index (χ2n) is 4.70. The van der Waals surface area contributed by atoms with Crippen LogP contribution < -0.4 is 0 Å². The van der Waals surface area contributed by atoms with Gasteiger partial charge in [0.1, 0.15) is 0 Å². The minimum absolute atomic E-state index is 0.646. The Balaban J connectivity index is 2.13. The molecule has 0 bridgehead atoms. The van der Waals surface area contributed by atoms with Crippen molar-refractivity contribution < 1.29 is 4.52 Å². The number of hydrogen-bond acceptors (Lipinski definition) is 4. The van der Waals surface area contributed by atoms with Gasteiger partial charge in [-0.05, 0) is 26.1 Å². The smallest absolute Gasteiger partial charge is 0.241 e. The van der Waals surface area contributed by atoms with Crippen LogP contribution in [0.4, 0.5) is 0 Å². The van der Waals surface area contributed by atoms with Gasteiger partial charge in [-0.15, -0.1) is 0 Å². The zero-order chi connectivity index (χ0) is 13.0. The molecule has 0 aliphatic heterocycles. The molecular formula is C14H19N3O. The zero-order valence-corrected chi connectivity index (χ0v) is 11.2. The molecule has 0 radical (unpaired) electrons. The Bertz CT molecular complexity index is 488. The Kier molecular flexibility index (Phi) is 4.10. The first-order chi connectivity index (χ1) is 8.69. The van der Waals surface area contributed by atoms with E-state index in [9.17, 15) is 0 Å². The Morgan fingerprint density at radius 2 is 1.89 bits per heavy atom. The summed E-state index contributed by atoms with van der Waals surface area (Å²) in [4.78, 5) is 6.38. The van der Waals surface area contributed by atoms with E-state index in [0.717, 1.165) is 18.4 Å². The third-order valence-corrected chi connectivity index (χ3v) is 2.67. The van der Waals surface area contributed by atoms with Gasteiger partial charge in [-0.1, -0.05) is 42.8 Å². The maximum absolute atomic E-state index is 5.20. The minimum Gasteiger partial charge on any atom is -0.338 e. The fourth-order valence-corrected chi connectivity index (χ4v) is 1.82. The molecule has 18 heavy (non-hydrogen) atoms. The standard InChI is InChI=1S/C14H19N3O/c1-4-5-11-6-8-12(9-7-11)14-15-13(18-16-14)10-17(2)3/h6-9H,4-5,10H2,1-3H3. The highest BCUT2D eigenvalue weighted by atomic mass is 16.5. The van der Waals surface area contributed by atoms with E-state index in [1.54, 1.807) is 0 Å². The summed E-state index contributed by atoms with van der Waals surface area (Å²) in [5.41, 5.74) is 2.35. The zero-order valence-electron chi connectivity index (χ0n) is 11.2. The molecule has 96 valence electrons. The lowest BCUT2D eigenvalue weighted by Gasteiger charge is -2.03. The average Bonchev–Trinajstić information content (AvgIpc) is 2.78. The van der Waals surface area contributed by atoms with Crippen LogP contribution in [0.5, 0.6) is 0 Å². The maximum Gasteiger partial charge on any atom is 0.241 e. The van der Waals surface area contributed by atoms with Crippen molar-refractivity contribution in [3.8, 4) is 11.4 Å². The molecule has 0 spiro atoms. The highest BCUT2D eigenvalue weighted by Gasteiger charge is 2.08. The highest BCUT2D eigenvalue weighted by Crippen LogP contribution is 2.17. The molecule has 0 amide bonds. The summed E-state index contributed by atoms with van der Waals surface area (Å²) < 4.78 is 5.20. The first-order valence-corrected chi connectivity index (χ1v) is 6.25. The van der Waals surface area contributed by atoms with Gasteiger partial charge >= 0.3 is 0 Å². The first-order valence-electron chi connectivity index (χ1n) is 6.25. The van der Waals surface area contributed by atoms with Gasteiger partial charge in [-0.3, -0.25) is 0 Å².